The van der Waals surface area contributed by atoms with E-state index >= 15 is 0 Å². The van der Waals surface area contributed by atoms with E-state index < -0.39 is 5.60 Å². The van der Waals surface area contributed by atoms with Crippen LogP contribution in [0.5, 0.6) is 5.75 Å². The van der Waals surface area contributed by atoms with Gasteiger partial charge >= 0.3 is 6.09 Å². The van der Waals surface area contributed by atoms with Crippen LogP contribution in [-0.4, -0.2) is 30.4 Å². The minimum absolute atomic E-state index is 0.0819. The molecule has 1 amide bonds. The molecule has 1 atom stereocenters. The molecule has 5 nitrogen and oxygen atoms in total. The number of carbonyl (C=O) groups is 1. The smallest absolute Gasteiger partial charge is 0.408 e. The van der Waals surface area contributed by atoms with Crippen LogP contribution in [0.4, 0.5) is 4.79 Å². The highest BCUT2D eigenvalue weighted by Crippen LogP contribution is 2.43. The van der Waals surface area contributed by atoms with Gasteiger partial charge in [-0.25, -0.2) is 4.79 Å². The van der Waals surface area contributed by atoms with Crippen LogP contribution in [0.25, 0.3) is 0 Å². The number of ether oxygens (including phenoxy) is 2. The number of fused-ring (bicyclic) bond motifs is 1. The molecule has 1 unspecified atom stereocenters. The summed E-state index contributed by atoms with van der Waals surface area (Å²) in [7, 11) is 0. The van der Waals surface area contributed by atoms with Crippen molar-refractivity contribution in [3.8, 4) is 5.75 Å². The third kappa shape index (κ3) is 3.83. The predicted octanol–water partition coefficient (Wildman–Crippen LogP) is 3.47. The Morgan fingerprint density at radius 2 is 2.04 bits per heavy atom. The fourth-order valence-corrected chi connectivity index (χ4v) is 3.56. The van der Waals surface area contributed by atoms with Gasteiger partial charge in [0.2, 0.25) is 0 Å². The molecule has 132 valence electrons. The van der Waals surface area contributed by atoms with Gasteiger partial charge in [0.1, 0.15) is 17.0 Å². The predicted molar refractivity (Wildman–Crippen MR) is 93.4 cm³/mol. The summed E-state index contributed by atoms with van der Waals surface area (Å²) in [5.74, 6) is 0.884. The van der Waals surface area contributed by atoms with E-state index in [0.29, 0.717) is 0 Å². The quantitative estimate of drug-likeness (QED) is 0.827. The van der Waals surface area contributed by atoms with Crippen LogP contribution in [0.3, 0.4) is 0 Å². The van der Waals surface area contributed by atoms with Crippen molar-refractivity contribution in [2.75, 3.05) is 13.1 Å². The van der Waals surface area contributed by atoms with Crippen molar-refractivity contribution in [1.82, 2.24) is 10.6 Å². The van der Waals surface area contributed by atoms with Gasteiger partial charge in [-0.2, -0.15) is 0 Å². The third-order valence-electron chi connectivity index (χ3n) is 4.65. The first kappa shape index (κ1) is 17.1. The minimum atomic E-state index is -0.503. The van der Waals surface area contributed by atoms with Crippen LogP contribution in [0.2, 0.25) is 0 Å². The summed E-state index contributed by atoms with van der Waals surface area (Å²) in [5.41, 5.74) is 1.50. The fourth-order valence-electron chi connectivity index (χ4n) is 3.56. The number of aryl methyl sites for hydroxylation is 1. The molecule has 0 aliphatic carbocycles. The highest BCUT2D eigenvalue weighted by Gasteiger charge is 2.42. The molecule has 0 saturated carbocycles. The van der Waals surface area contributed by atoms with Gasteiger partial charge < -0.3 is 20.1 Å². The van der Waals surface area contributed by atoms with E-state index in [1.54, 1.807) is 0 Å². The fraction of sp³-hybridized carbons (Fsp3) is 0.632. The normalized spacial score (nSPS) is 22.4. The van der Waals surface area contributed by atoms with Crippen molar-refractivity contribution in [3.63, 3.8) is 0 Å². The maximum atomic E-state index is 12.3. The zero-order chi connectivity index (χ0) is 17.4. The standard InChI is InChI=1S/C19H28N2O3/c1-13-5-6-16-14(11-13)15(21-17(22)24-18(2,3)4)12-19(23-16)7-9-20-10-8-19/h5-6,11,15,20H,7-10,12H2,1-4H3,(H,21,22). The second kappa shape index (κ2) is 6.28. The van der Waals surface area contributed by atoms with Crippen LogP contribution >= 0.6 is 0 Å². The average Bonchev–Trinajstić information content (AvgIpc) is 2.47. The van der Waals surface area contributed by atoms with Gasteiger partial charge in [-0.1, -0.05) is 17.7 Å². The zero-order valence-corrected chi connectivity index (χ0v) is 15.1. The van der Waals surface area contributed by atoms with Crippen molar-refractivity contribution in [2.45, 2.75) is 64.2 Å². The molecule has 0 radical (unpaired) electrons. The topological polar surface area (TPSA) is 59.6 Å². The third-order valence-corrected chi connectivity index (χ3v) is 4.65. The van der Waals surface area contributed by atoms with Crippen molar-refractivity contribution in [2.24, 2.45) is 0 Å². The molecule has 5 heteroatoms. The van der Waals surface area contributed by atoms with Crippen LogP contribution in [0, 0.1) is 6.92 Å². The van der Waals surface area contributed by atoms with Crippen LogP contribution < -0.4 is 15.4 Å². The molecule has 1 saturated heterocycles. The SMILES string of the molecule is Cc1ccc2c(c1)C(NC(=O)OC(C)(C)C)CC1(CCNCC1)O2. The van der Waals surface area contributed by atoms with Gasteiger partial charge in [-0.05, 0) is 59.7 Å². The number of rotatable bonds is 1. The summed E-state index contributed by atoms with van der Waals surface area (Å²) in [5, 5.41) is 6.45. The second-order valence-electron chi connectivity index (χ2n) is 7.98. The molecular weight excluding hydrogens is 304 g/mol. The monoisotopic (exact) mass is 332 g/mol. The molecule has 24 heavy (non-hydrogen) atoms. The van der Waals surface area contributed by atoms with Gasteiger partial charge in [0.25, 0.3) is 0 Å². The molecule has 1 aromatic carbocycles. The number of nitrogens with one attached hydrogen (secondary N) is 2. The molecule has 2 aliphatic rings. The van der Waals surface area contributed by atoms with Gasteiger partial charge in [-0.3, -0.25) is 0 Å². The number of benzene rings is 1. The van der Waals surface area contributed by atoms with Gasteiger partial charge in [0, 0.05) is 12.0 Å². The Bertz CT molecular complexity index is 616. The summed E-state index contributed by atoms with van der Waals surface area (Å²) < 4.78 is 11.9. The zero-order valence-electron chi connectivity index (χ0n) is 15.1. The average molecular weight is 332 g/mol. The van der Waals surface area contributed by atoms with Gasteiger partial charge in [-0.15, -0.1) is 0 Å². The van der Waals surface area contributed by atoms with E-state index in [2.05, 4.69) is 29.7 Å². The van der Waals surface area contributed by atoms with E-state index in [1.807, 2.05) is 26.8 Å². The molecule has 2 aliphatic heterocycles. The molecule has 1 aromatic rings. The van der Waals surface area contributed by atoms with Crippen molar-refractivity contribution in [1.29, 1.82) is 0 Å². The van der Waals surface area contributed by atoms with Crippen LogP contribution in [-0.2, 0) is 4.74 Å². The van der Waals surface area contributed by atoms with Crippen LogP contribution in [0.1, 0.15) is 57.2 Å². The molecule has 2 heterocycles. The largest absolute Gasteiger partial charge is 0.487 e. The molecule has 0 aromatic heterocycles. The lowest BCUT2D eigenvalue weighted by Gasteiger charge is -2.44. The second-order valence-corrected chi connectivity index (χ2v) is 7.98. The summed E-state index contributed by atoms with van der Waals surface area (Å²) in [6, 6.07) is 6.10. The van der Waals surface area contributed by atoms with Crippen molar-refractivity contribution < 1.29 is 14.3 Å². The first-order chi connectivity index (χ1) is 11.3. The Kier molecular flexibility index (Phi) is 4.47. The van der Waals surface area contributed by atoms with Gasteiger partial charge in [0.05, 0.1) is 6.04 Å². The summed E-state index contributed by atoms with van der Waals surface area (Å²) in [6.07, 6.45) is 2.32. The summed E-state index contributed by atoms with van der Waals surface area (Å²) in [4.78, 5) is 12.3. The van der Waals surface area contributed by atoms with Crippen molar-refractivity contribution in [3.05, 3.63) is 29.3 Å². The van der Waals surface area contributed by atoms with Crippen molar-refractivity contribution >= 4 is 6.09 Å². The number of piperidine rings is 1. The number of hydrogen-bond acceptors (Lipinski definition) is 4. The Morgan fingerprint density at radius 3 is 2.71 bits per heavy atom. The maximum absolute atomic E-state index is 12.3. The minimum Gasteiger partial charge on any atom is -0.487 e. The van der Waals surface area contributed by atoms with E-state index in [-0.39, 0.29) is 17.7 Å². The molecule has 2 N–H and O–H groups in total. The Hall–Kier alpha value is -1.75. The van der Waals surface area contributed by atoms with E-state index in [0.717, 1.165) is 49.2 Å². The Labute approximate surface area is 144 Å². The van der Waals surface area contributed by atoms with Gasteiger partial charge in [0.15, 0.2) is 0 Å². The Balaban J connectivity index is 1.85. The summed E-state index contributed by atoms with van der Waals surface area (Å²) in [6.45, 7) is 9.58. The van der Waals surface area contributed by atoms with Crippen LogP contribution in [0.15, 0.2) is 18.2 Å². The summed E-state index contributed by atoms with van der Waals surface area (Å²) >= 11 is 0. The number of carbonyl (C=O) groups excluding carboxylic acids is 1. The lowest BCUT2D eigenvalue weighted by molar-refractivity contribution is -0.000419. The lowest BCUT2D eigenvalue weighted by Crippen LogP contribution is -2.51. The lowest BCUT2D eigenvalue weighted by atomic mass is 9.81. The highest BCUT2D eigenvalue weighted by atomic mass is 16.6. The van der Waals surface area contributed by atoms with E-state index in [1.165, 1.54) is 0 Å². The molecule has 0 bridgehead atoms. The molecular formula is C19H28N2O3. The molecule has 1 spiro atoms. The molecule has 3 rings (SSSR count). The maximum Gasteiger partial charge on any atom is 0.408 e. The highest BCUT2D eigenvalue weighted by molar-refractivity contribution is 5.69. The number of alkyl carbamates (subject to hydrolysis) is 1. The van der Waals surface area contributed by atoms with E-state index in [4.69, 9.17) is 9.47 Å². The first-order valence-corrected chi connectivity index (χ1v) is 8.76. The first-order valence-electron chi connectivity index (χ1n) is 8.76. The molecule has 1 fully saturated rings. The number of amides is 1. The Morgan fingerprint density at radius 1 is 1.33 bits per heavy atom. The van der Waals surface area contributed by atoms with E-state index in [9.17, 15) is 4.79 Å². The number of hydrogen-bond donors (Lipinski definition) is 2.